The Balaban J connectivity index is 1.95. The first-order valence-electron chi connectivity index (χ1n) is 6.36. The Bertz CT molecular complexity index is 512. The third-order valence-corrected chi connectivity index (χ3v) is 4.75. The summed E-state index contributed by atoms with van der Waals surface area (Å²) in [6.45, 7) is 2.75. The van der Waals surface area contributed by atoms with Crippen LogP contribution in [0.4, 0.5) is 0 Å². The van der Waals surface area contributed by atoms with Crippen molar-refractivity contribution >= 4 is 10.0 Å². The van der Waals surface area contributed by atoms with Gasteiger partial charge in [-0.25, -0.2) is 13.1 Å². The third kappa shape index (κ3) is 3.92. The van der Waals surface area contributed by atoms with Gasteiger partial charge in [0, 0.05) is 6.54 Å². The lowest BCUT2D eigenvalue weighted by atomic mass is 10.3. The van der Waals surface area contributed by atoms with Crippen molar-refractivity contribution in [1.29, 1.82) is 0 Å². The molecule has 0 amide bonds. The van der Waals surface area contributed by atoms with Crippen LogP contribution in [0.15, 0.2) is 29.2 Å². The van der Waals surface area contributed by atoms with Crippen LogP contribution in [0, 0.1) is 11.8 Å². The smallest absolute Gasteiger partial charge is 0.240 e. The van der Waals surface area contributed by atoms with Gasteiger partial charge >= 0.3 is 0 Å². The Morgan fingerprint density at radius 3 is 2.53 bits per heavy atom. The van der Waals surface area contributed by atoms with Crippen LogP contribution >= 0.6 is 0 Å². The van der Waals surface area contributed by atoms with Gasteiger partial charge in [-0.15, -0.1) is 0 Å². The Hall–Kier alpha value is -1.11. The molecular weight excluding hydrogens is 266 g/mol. The van der Waals surface area contributed by atoms with E-state index in [0.29, 0.717) is 24.1 Å². The fourth-order valence-corrected chi connectivity index (χ4v) is 2.96. The molecule has 1 aromatic carbocycles. The van der Waals surface area contributed by atoms with Crippen molar-refractivity contribution in [1.82, 2.24) is 4.72 Å². The lowest BCUT2D eigenvalue weighted by Gasteiger charge is -2.08. The highest BCUT2D eigenvalue weighted by molar-refractivity contribution is 7.89. The minimum Gasteiger partial charge on any atom is -0.491 e. The van der Waals surface area contributed by atoms with E-state index in [1.165, 1.54) is 12.1 Å². The van der Waals surface area contributed by atoms with Crippen LogP contribution < -0.4 is 9.46 Å². The molecule has 2 rings (SSSR count). The number of rotatable bonds is 7. The predicted octanol–water partition coefficient (Wildman–Crippen LogP) is 0.992. The molecule has 5 nitrogen and oxygen atoms in total. The highest BCUT2D eigenvalue weighted by Gasteiger charge is 2.33. The highest BCUT2D eigenvalue weighted by Crippen LogP contribution is 2.37. The molecule has 2 unspecified atom stereocenters. The number of hydrogen-bond acceptors (Lipinski definition) is 4. The molecule has 106 valence electrons. The van der Waals surface area contributed by atoms with Gasteiger partial charge in [-0.2, -0.15) is 0 Å². The molecule has 2 atom stereocenters. The maximum Gasteiger partial charge on any atom is 0.240 e. The molecule has 1 fully saturated rings. The summed E-state index contributed by atoms with van der Waals surface area (Å²) in [7, 11) is -3.43. The standard InChI is InChI=1S/C13H19NO4S/c1-10-8-11(10)9-14-19(16,17)13-4-2-12(3-5-13)18-7-6-15/h2-5,10-11,14-15H,6-9H2,1H3. The fourth-order valence-electron chi connectivity index (χ4n) is 1.86. The molecule has 19 heavy (non-hydrogen) atoms. The van der Waals surface area contributed by atoms with Crippen LogP contribution in [-0.2, 0) is 10.0 Å². The minimum atomic E-state index is -3.43. The summed E-state index contributed by atoms with van der Waals surface area (Å²) >= 11 is 0. The summed E-state index contributed by atoms with van der Waals surface area (Å²) < 4.78 is 31.8. The SMILES string of the molecule is CC1CC1CNS(=O)(=O)c1ccc(OCCO)cc1. The largest absolute Gasteiger partial charge is 0.491 e. The predicted molar refractivity (Wildman–Crippen MR) is 71.5 cm³/mol. The van der Waals surface area contributed by atoms with Crippen molar-refractivity contribution in [2.75, 3.05) is 19.8 Å². The summed E-state index contributed by atoms with van der Waals surface area (Å²) in [6, 6.07) is 6.19. The normalized spacial score (nSPS) is 22.2. The van der Waals surface area contributed by atoms with Gasteiger partial charge in [0.2, 0.25) is 10.0 Å². The number of aliphatic hydroxyl groups excluding tert-OH is 1. The zero-order valence-electron chi connectivity index (χ0n) is 10.9. The molecular formula is C13H19NO4S. The van der Waals surface area contributed by atoms with Crippen molar-refractivity contribution in [2.45, 2.75) is 18.2 Å². The second-order valence-corrected chi connectivity index (χ2v) is 6.64. The summed E-state index contributed by atoms with van der Waals surface area (Å²) in [6.07, 6.45) is 1.09. The van der Waals surface area contributed by atoms with Crippen molar-refractivity contribution in [3.8, 4) is 5.75 Å². The van der Waals surface area contributed by atoms with Crippen molar-refractivity contribution in [3.63, 3.8) is 0 Å². The van der Waals surface area contributed by atoms with E-state index in [1.54, 1.807) is 12.1 Å². The quantitative estimate of drug-likeness (QED) is 0.783. The van der Waals surface area contributed by atoms with Crippen LogP contribution in [0.25, 0.3) is 0 Å². The van der Waals surface area contributed by atoms with Crippen LogP contribution in [0.3, 0.4) is 0 Å². The average Bonchev–Trinajstić information content (AvgIpc) is 3.11. The zero-order valence-corrected chi connectivity index (χ0v) is 11.7. The molecule has 0 heterocycles. The first-order valence-corrected chi connectivity index (χ1v) is 7.84. The van der Waals surface area contributed by atoms with E-state index in [9.17, 15) is 8.42 Å². The number of nitrogens with one attached hydrogen (secondary N) is 1. The van der Waals surface area contributed by atoms with E-state index in [-0.39, 0.29) is 18.1 Å². The number of ether oxygens (including phenoxy) is 1. The van der Waals surface area contributed by atoms with Gasteiger partial charge in [0.1, 0.15) is 12.4 Å². The first kappa shape index (κ1) is 14.3. The van der Waals surface area contributed by atoms with Gasteiger partial charge < -0.3 is 9.84 Å². The van der Waals surface area contributed by atoms with Gasteiger partial charge in [0.25, 0.3) is 0 Å². The molecule has 0 spiro atoms. The summed E-state index contributed by atoms with van der Waals surface area (Å²) in [5.74, 6) is 1.64. The Morgan fingerprint density at radius 2 is 2.00 bits per heavy atom. The minimum absolute atomic E-state index is 0.0683. The molecule has 0 aromatic heterocycles. The number of sulfonamides is 1. The lowest BCUT2D eigenvalue weighted by molar-refractivity contribution is 0.201. The fraction of sp³-hybridized carbons (Fsp3) is 0.538. The molecule has 1 aromatic rings. The Kier molecular flexibility index (Phi) is 4.44. The summed E-state index contributed by atoms with van der Waals surface area (Å²) in [4.78, 5) is 0.233. The average molecular weight is 285 g/mol. The van der Waals surface area contributed by atoms with Gasteiger partial charge in [0.05, 0.1) is 11.5 Å². The van der Waals surface area contributed by atoms with Gasteiger partial charge in [0.15, 0.2) is 0 Å². The Labute approximate surface area is 113 Å². The van der Waals surface area contributed by atoms with Crippen LogP contribution in [0.5, 0.6) is 5.75 Å². The monoisotopic (exact) mass is 285 g/mol. The third-order valence-electron chi connectivity index (χ3n) is 3.31. The van der Waals surface area contributed by atoms with Crippen molar-refractivity contribution in [3.05, 3.63) is 24.3 Å². The second kappa shape index (κ2) is 5.90. The van der Waals surface area contributed by atoms with Crippen molar-refractivity contribution < 1.29 is 18.3 Å². The second-order valence-electron chi connectivity index (χ2n) is 4.87. The highest BCUT2D eigenvalue weighted by atomic mass is 32.2. The van der Waals surface area contributed by atoms with Crippen LogP contribution in [0.2, 0.25) is 0 Å². The van der Waals surface area contributed by atoms with E-state index in [1.807, 2.05) is 0 Å². The van der Waals surface area contributed by atoms with Crippen LogP contribution in [0.1, 0.15) is 13.3 Å². The maximum absolute atomic E-state index is 12.0. The molecule has 6 heteroatoms. The molecule has 0 saturated heterocycles. The number of benzene rings is 1. The molecule has 2 N–H and O–H groups in total. The molecule has 1 aliphatic rings. The van der Waals surface area contributed by atoms with Gasteiger partial charge in [-0.1, -0.05) is 6.92 Å². The summed E-state index contributed by atoms with van der Waals surface area (Å²) in [5, 5.41) is 8.63. The van der Waals surface area contributed by atoms with Crippen LogP contribution in [-0.4, -0.2) is 33.3 Å². The van der Waals surface area contributed by atoms with E-state index in [2.05, 4.69) is 11.6 Å². The van der Waals surface area contributed by atoms with Gasteiger partial charge in [-0.3, -0.25) is 0 Å². The first-order chi connectivity index (χ1) is 9.03. The number of hydrogen-bond donors (Lipinski definition) is 2. The molecule has 0 radical (unpaired) electrons. The van der Waals surface area contributed by atoms with E-state index < -0.39 is 10.0 Å². The topological polar surface area (TPSA) is 75.6 Å². The van der Waals surface area contributed by atoms with Gasteiger partial charge in [-0.05, 0) is 42.5 Å². The summed E-state index contributed by atoms with van der Waals surface area (Å²) in [5.41, 5.74) is 0. The van der Waals surface area contributed by atoms with E-state index >= 15 is 0 Å². The Morgan fingerprint density at radius 1 is 1.37 bits per heavy atom. The molecule has 0 bridgehead atoms. The van der Waals surface area contributed by atoms with Crippen molar-refractivity contribution in [2.24, 2.45) is 11.8 Å². The maximum atomic E-state index is 12.0. The number of aliphatic hydroxyl groups is 1. The lowest BCUT2D eigenvalue weighted by Crippen LogP contribution is -2.26. The molecule has 0 aliphatic heterocycles. The van der Waals surface area contributed by atoms with E-state index in [4.69, 9.17) is 9.84 Å². The van der Waals surface area contributed by atoms with E-state index in [0.717, 1.165) is 6.42 Å². The molecule has 1 aliphatic carbocycles. The molecule has 1 saturated carbocycles. The zero-order chi connectivity index (χ0) is 13.9.